The fraction of sp³-hybridized carbons (Fsp3) is 1.00. The molecule has 0 spiro atoms. The second kappa shape index (κ2) is 4.14. The van der Waals surface area contributed by atoms with Crippen molar-refractivity contribution in [3.63, 3.8) is 0 Å². The Morgan fingerprint density at radius 3 is 2.89 bits per heavy atom. The zero-order valence-corrected chi connectivity index (χ0v) is 12.0. The molecule has 1 aliphatic heterocycles. The maximum absolute atomic E-state index is 5.92. The summed E-state index contributed by atoms with van der Waals surface area (Å²) in [5.74, 6) is 0. The number of hydrogen-bond donors (Lipinski definition) is 0. The third kappa shape index (κ3) is 2.36. The second-order valence-electron chi connectivity index (χ2n) is 2.63. The summed E-state index contributed by atoms with van der Waals surface area (Å²) < 4.78 is 6.27. The van der Waals surface area contributed by atoms with Gasteiger partial charge in [-0.15, -0.1) is 0 Å². The van der Waals surface area contributed by atoms with Gasteiger partial charge >= 0.3 is 72.2 Å². The molecule has 3 heteroatoms. The molecule has 0 amide bonds. The number of hydrogen-bond acceptors (Lipinski definition) is 1. The Balaban J connectivity index is 2.30. The first-order valence-corrected chi connectivity index (χ1v) is 13.5. The maximum atomic E-state index is 5.92. The Morgan fingerprint density at radius 2 is 2.44 bits per heavy atom. The Hall–Kier alpha value is 1.19. The van der Waals surface area contributed by atoms with E-state index >= 15 is 0 Å². The summed E-state index contributed by atoms with van der Waals surface area (Å²) in [6.45, 7) is 3.12. The van der Waals surface area contributed by atoms with Crippen LogP contribution >= 0.6 is 8.25 Å². The van der Waals surface area contributed by atoms with Crippen LogP contribution < -0.4 is 0 Å². The van der Waals surface area contributed by atoms with Crippen molar-refractivity contribution in [3.8, 4) is 0 Å². The third-order valence-corrected chi connectivity index (χ3v) is 11.1. The van der Waals surface area contributed by atoms with Crippen molar-refractivity contribution >= 4 is 8.25 Å². The van der Waals surface area contributed by atoms with E-state index in [1.165, 1.54) is 12.8 Å². The van der Waals surface area contributed by atoms with E-state index in [1.807, 2.05) is 0 Å². The Bertz CT molecular complexity index is 89.1. The molecule has 9 heavy (non-hydrogen) atoms. The summed E-state index contributed by atoms with van der Waals surface area (Å²) in [6.07, 6.45) is 3.06. The zero-order chi connectivity index (χ0) is 6.69. The van der Waals surface area contributed by atoms with Gasteiger partial charge in [0.15, 0.2) is 0 Å². The van der Waals surface area contributed by atoms with Crippen molar-refractivity contribution in [3.05, 3.63) is 0 Å². The van der Waals surface area contributed by atoms with Gasteiger partial charge in [-0.05, 0) is 0 Å². The standard InChI is InChI=1S/C6H11O.ClH.Hg/c1-6-4-2-3-5-7-6;;/h4,6H,2-3,5H2,1H3;1H;/q;;+1/p-1/t6-;;/m0../s1. The summed E-state index contributed by atoms with van der Waals surface area (Å²) >= 11 is -0.982. The zero-order valence-electron chi connectivity index (χ0n) is 5.77. The summed E-state index contributed by atoms with van der Waals surface area (Å²) in [7, 11) is 5.92. The van der Waals surface area contributed by atoms with E-state index in [0.29, 0.717) is 6.10 Å². The van der Waals surface area contributed by atoms with Crippen LogP contribution in [0.3, 0.4) is 0 Å². The first-order chi connectivity index (χ1) is 4.34. The molecule has 0 saturated carbocycles. The Kier molecular flexibility index (Phi) is 3.81. The first kappa shape index (κ1) is 8.28. The molecule has 50 valence electrons. The fourth-order valence-corrected chi connectivity index (χ4v) is 7.97. The van der Waals surface area contributed by atoms with Crippen LogP contribution in [0, 0.1) is 0 Å². The van der Waals surface area contributed by atoms with Gasteiger partial charge in [-0.2, -0.15) is 0 Å². The Morgan fingerprint density at radius 1 is 1.67 bits per heavy atom. The quantitative estimate of drug-likeness (QED) is 0.668. The van der Waals surface area contributed by atoms with Crippen molar-refractivity contribution in [1.82, 2.24) is 0 Å². The summed E-state index contributed by atoms with van der Waals surface area (Å²) in [6, 6.07) is 0. The number of ether oxygens (including phenoxy) is 1. The summed E-state index contributed by atoms with van der Waals surface area (Å²) in [4.78, 5) is 0. The van der Waals surface area contributed by atoms with Crippen molar-refractivity contribution in [1.29, 1.82) is 0 Å². The molecule has 0 aromatic heterocycles. The second-order valence-corrected chi connectivity index (χ2v) is 10.6. The van der Waals surface area contributed by atoms with E-state index in [0.717, 1.165) is 10.0 Å². The molecule has 0 radical (unpaired) electrons. The van der Waals surface area contributed by atoms with Gasteiger partial charge in [0.25, 0.3) is 0 Å². The van der Waals surface area contributed by atoms with Gasteiger partial charge in [-0.25, -0.2) is 0 Å². The summed E-state index contributed by atoms with van der Waals surface area (Å²) in [5, 5.41) is 0. The van der Waals surface area contributed by atoms with Crippen molar-refractivity contribution in [2.24, 2.45) is 0 Å². The molecule has 1 saturated heterocycles. The molecular weight excluding hydrogens is 324 g/mol. The molecule has 1 nitrogen and oxygen atoms in total. The minimum atomic E-state index is -0.982. The SMILES string of the molecule is C[C@@H]1OCCC[C@H]1[Hg][Cl]. The van der Waals surface area contributed by atoms with Gasteiger partial charge in [0, 0.05) is 0 Å². The topological polar surface area (TPSA) is 9.23 Å². The van der Waals surface area contributed by atoms with Crippen molar-refractivity contribution in [2.45, 2.75) is 29.3 Å². The average Bonchev–Trinajstić information content (AvgIpc) is 1.89. The molecule has 0 unspecified atom stereocenters. The molecular formula is C6H11ClHgO. The van der Waals surface area contributed by atoms with Crippen LogP contribution in [0.5, 0.6) is 0 Å². The van der Waals surface area contributed by atoms with Gasteiger partial charge in [0.05, 0.1) is 0 Å². The van der Waals surface area contributed by atoms with E-state index in [2.05, 4.69) is 6.92 Å². The van der Waals surface area contributed by atoms with Crippen molar-refractivity contribution in [2.75, 3.05) is 6.61 Å². The monoisotopic (exact) mass is 336 g/mol. The van der Waals surface area contributed by atoms with Crippen LogP contribution in [0.2, 0.25) is 3.43 Å². The predicted molar refractivity (Wildman–Crippen MR) is 34.3 cm³/mol. The fourth-order valence-electron chi connectivity index (χ4n) is 1.19. The molecule has 1 rings (SSSR count). The number of halogens is 1. The van der Waals surface area contributed by atoms with Gasteiger partial charge in [0.2, 0.25) is 0 Å². The van der Waals surface area contributed by atoms with E-state index in [4.69, 9.17) is 13.0 Å². The van der Waals surface area contributed by atoms with E-state index in [-0.39, 0.29) is 0 Å². The van der Waals surface area contributed by atoms with Crippen LogP contribution in [0.1, 0.15) is 19.8 Å². The normalized spacial score (nSPS) is 35.8. The van der Waals surface area contributed by atoms with Crippen LogP contribution in [0.15, 0.2) is 0 Å². The van der Waals surface area contributed by atoms with Crippen LogP contribution in [-0.4, -0.2) is 12.7 Å². The van der Waals surface area contributed by atoms with Crippen molar-refractivity contribution < 1.29 is 28.1 Å². The summed E-state index contributed by atoms with van der Waals surface area (Å²) in [5.41, 5.74) is 0. The predicted octanol–water partition coefficient (Wildman–Crippen LogP) is 2.21. The average molecular weight is 335 g/mol. The van der Waals surface area contributed by atoms with Gasteiger partial charge < -0.3 is 0 Å². The van der Waals surface area contributed by atoms with E-state index < -0.39 is 23.3 Å². The van der Waals surface area contributed by atoms with Crippen LogP contribution in [-0.2, 0) is 28.1 Å². The first-order valence-electron chi connectivity index (χ1n) is 3.52. The molecule has 0 aliphatic carbocycles. The molecule has 0 aromatic rings. The molecule has 2 atom stereocenters. The van der Waals surface area contributed by atoms with E-state index in [9.17, 15) is 0 Å². The Labute approximate surface area is 72.0 Å². The van der Waals surface area contributed by atoms with Gasteiger partial charge in [-0.3, -0.25) is 0 Å². The van der Waals surface area contributed by atoms with Crippen LogP contribution in [0.4, 0.5) is 0 Å². The molecule has 0 aromatic carbocycles. The van der Waals surface area contributed by atoms with Crippen LogP contribution in [0.25, 0.3) is 0 Å². The molecule has 1 heterocycles. The molecule has 0 bridgehead atoms. The number of rotatable bonds is 1. The minimum absolute atomic E-state index is 0.484. The molecule has 0 N–H and O–H groups in total. The third-order valence-electron chi connectivity index (χ3n) is 1.96. The van der Waals surface area contributed by atoms with Gasteiger partial charge in [0.1, 0.15) is 0 Å². The van der Waals surface area contributed by atoms with Gasteiger partial charge in [-0.1, -0.05) is 0 Å². The molecule has 1 fully saturated rings. The van der Waals surface area contributed by atoms with E-state index in [1.54, 1.807) is 0 Å². The molecule has 1 aliphatic rings.